The van der Waals surface area contributed by atoms with Crippen LogP contribution in [-0.2, 0) is 10.0 Å². The number of rotatable bonds is 14. The maximum atomic E-state index is 13.6. The minimum absolute atomic E-state index is 0.178. The molecule has 0 radical (unpaired) electrons. The predicted molar refractivity (Wildman–Crippen MR) is 197 cm³/mol. The number of fused-ring (bicyclic) bond motifs is 1. The highest BCUT2D eigenvalue weighted by atomic mass is 32.2. The molecule has 50 heavy (non-hydrogen) atoms. The molecule has 0 saturated carbocycles. The second-order valence-corrected chi connectivity index (χ2v) is 14.3. The third-order valence-electron chi connectivity index (χ3n) is 8.07. The van der Waals surface area contributed by atoms with Crippen LogP contribution in [0.3, 0.4) is 0 Å². The van der Waals surface area contributed by atoms with E-state index in [0.29, 0.717) is 63.3 Å². The van der Waals surface area contributed by atoms with E-state index in [1.54, 1.807) is 42.1 Å². The molecule has 0 bridgehead atoms. The highest BCUT2D eigenvalue weighted by Crippen LogP contribution is 2.30. The summed E-state index contributed by atoms with van der Waals surface area (Å²) in [5.41, 5.74) is 3.15. The average molecular weight is 711 g/mol. The second-order valence-electron chi connectivity index (χ2n) is 11.4. The van der Waals surface area contributed by atoms with Gasteiger partial charge in [0.2, 0.25) is 15.0 Å². The van der Waals surface area contributed by atoms with Gasteiger partial charge >= 0.3 is 0 Å². The van der Waals surface area contributed by atoms with E-state index < -0.39 is 10.0 Å². The Labute approximate surface area is 294 Å². The van der Waals surface area contributed by atoms with Crippen LogP contribution < -0.4 is 19.6 Å². The summed E-state index contributed by atoms with van der Waals surface area (Å²) in [5.74, 6) is 1.72. The van der Waals surface area contributed by atoms with Crippen LogP contribution in [0.4, 0.5) is 0 Å². The fourth-order valence-electron chi connectivity index (χ4n) is 5.41. The molecule has 0 aliphatic carbocycles. The molecule has 0 N–H and O–H groups in total. The van der Waals surface area contributed by atoms with Gasteiger partial charge in [-0.05, 0) is 60.5 Å². The summed E-state index contributed by atoms with van der Waals surface area (Å²) in [6, 6.07) is 22.0. The third-order valence-corrected chi connectivity index (χ3v) is 11.1. The van der Waals surface area contributed by atoms with Gasteiger partial charge in [-0.1, -0.05) is 81.0 Å². The highest BCUT2D eigenvalue weighted by Gasteiger charge is 2.23. The number of methoxy groups -OCH3 is 1. The van der Waals surface area contributed by atoms with Gasteiger partial charge in [-0.15, -0.1) is 5.10 Å². The zero-order chi connectivity index (χ0) is 35.3. The Morgan fingerprint density at radius 1 is 0.920 bits per heavy atom. The molecule has 13 heteroatoms. The fraction of sp³-hybridized carbons (Fsp3) is 0.243. The molecule has 0 saturated heterocycles. The Bertz CT molecular complexity index is 2360. The number of para-hydroxylation sites is 1. The Balaban J connectivity index is 1.35. The van der Waals surface area contributed by atoms with Crippen molar-refractivity contribution in [2.75, 3.05) is 26.8 Å². The zero-order valence-corrected chi connectivity index (χ0v) is 29.9. The first-order valence-corrected chi connectivity index (χ1v) is 18.7. The molecule has 3 aromatic carbocycles. The van der Waals surface area contributed by atoms with Gasteiger partial charge in [-0.3, -0.25) is 4.79 Å². The minimum atomic E-state index is -3.70. The molecule has 0 spiro atoms. The number of sulfonamides is 1. The fourth-order valence-corrected chi connectivity index (χ4v) is 7.82. The number of hydrogen-bond acceptors (Lipinski definition) is 9. The summed E-state index contributed by atoms with van der Waals surface area (Å²) in [7, 11) is -2.09. The number of hydrogen-bond donors (Lipinski definition) is 0. The lowest BCUT2D eigenvalue weighted by atomic mass is 10.1. The van der Waals surface area contributed by atoms with Crippen LogP contribution in [0.2, 0.25) is 0 Å². The smallest absolute Gasteiger partial charge is 0.291 e. The van der Waals surface area contributed by atoms with Gasteiger partial charge in [0.1, 0.15) is 5.69 Å². The second kappa shape index (κ2) is 15.2. The van der Waals surface area contributed by atoms with Crippen molar-refractivity contribution < 1.29 is 17.9 Å². The third kappa shape index (κ3) is 7.25. The first-order chi connectivity index (χ1) is 24.2. The van der Waals surface area contributed by atoms with Crippen molar-refractivity contribution in [1.82, 2.24) is 28.7 Å². The first-order valence-electron chi connectivity index (χ1n) is 16.4. The summed E-state index contributed by atoms with van der Waals surface area (Å²) < 4.78 is 42.9. The molecule has 258 valence electrons. The van der Waals surface area contributed by atoms with E-state index in [1.807, 2.05) is 80.7 Å². The van der Waals surface area contributed by atoms with Crippen molar-refractivity contribution in [2.45, 2.75) is 38.5 Å². The topological polar surface area (TPSA) is 121 Å². The van der Waals surface area contributed by atoms with Gasteiger partial charge in [0.05, 0.1) is 28.8 Å². The van der Waals surface area contributed by atoms with Gasteiger partial charge in [0, 0.05) is 30.4 Å². The van der Waals surface area contributed by atoms with E-state index in [1.165, 1.54) is 20.2 Å². The molecule has 0 atom stereocenters. The molecule has 3 aromatic heterocycles. The molecule has 11 nitrogen and oxygen atoms in total. The van der Waals surface area contributed by atoms with Gasteiger partial charge in [0.15, 0.2) is 17.3 Å². The lowest BCUT2D eigenvalue weighted by Crippen LogP contribution is -2.30. The Hall–Kier alpha value is -5.11. The summed E-state index contributed by atoms with van der Waals surface area (Å²) in [4.78, 5) is 18.8. The van der Waals surface area contributed by atoms with Gasteiger partial charge < -0.3 is 9.47 Å². The van der Waals surface area contributed by atoms with E-state index in [0.717, 1.165) is 24.1 Å². The maximum absolute atomic E-state index is 13.6. The average Bonchev–Trinajstić information content (AvgIpc) is 3.83. The first kappa shape index (κ1) is 34.7. The minimum Gasteiger partial charge on any atom is -0.493 e. The van der Waals surface area contributed by atoms with Crippen molar-refractivity contribution in [2.24, 2.45) is 0 Å². The number of benzene rings is 3. The summed E-state index contributed by atoms with van der Waals surface area (Å²) in [6.45, 7) is 7.08. The molecule has 6 aromatic rings. The summed E-state index contributed by atoms with van der Waals surface area (Å²) >= 11 is 1.22. The SMILES string of the molecule is CCCCOc1ccc(/C=C/c2nc3s/c(=C\c4cn(-c5ccccc5)nc4-c4cccc(S(=O)(=O)N(CC)CC)c4)c(=O)n3n2)cc1OC. The quantitative estimate of drug-likeness (QED) is 0.128. The van der Waals surface area contributed by atoms with Gasteiger partial charge in [-0.25, -0.2) is 13.1 Å². The lowest BCUT2D eigenvalue weighted by Gasteiger charge is -2.18. The highest BCUT2D eigenvalue weighted by molar-refractivity contribution is 7.89. The number of unbranched alkanes of at least 4 members (excludes halogenated alkanes) is 1. The van der Waals surface area contributed by atoms with Crippen LogP contribution in [0.25, 0.3) is 40.1 Å². The molecule has 0 aliphatic heterocycles. The van der Waals surface area contributed by atoms with Crippen LogP contribution in [0.5, 0.6) is 11.5 Å². The van der Waals surface area contributed by atoms with E-state index in [-0.39, 0.29) is 10.5 Å². The van der Waals surface area contributed by atoms with E-state index in [9.17, 15) is 13.2 Å². The van der Waals surface area contributed by atoms with Crippen molar-refractivity contribution in [3.63, 3.8) is 0 Å². The van der Waals surface area contributed by atoms with Gasteiger partial charge in [0.25, 0.3) is 5.56 Å². The number of aromatic nitrogens is 5. The monoisotopic (exact) mass is 710 g/mol. The van der Waals surface area contributed by atoms with Crippen LogP contribution >= 0.6 is 11.3 Å². The van der Waals surface area contributed by atoms with Crippen LogP contribution in [0.15, 0.2) is 88.7 Å². The van der Waals surface area contributed by atoms with Crippen molar-refractivity contribution in [3.05, 3.63) is 111 Å². The normalized spacial score (nSPS) is 12.5. The molecule has 0 fully saturated rings. The predicted octanol–water partition coefficient (Wildman–Crippen LogP) is 5.94. The molecule has 0 amide bonds. The molecule has 0 unspecified atom stereocenters. The molecule has 3 heterocycles. The van der Waals surface area contributed by atoms with Crippen molar-refractivity contribution >= 4 is 44.5 Å². The van der Waals surface area contributed by atoms with Gasteiger partial charge in [-0.2, -0.15) is 18.9 Å². The Morgan fingerprint density at radius 2 is 1.72 bits per heavy atom. The van der Waals surface area contributed by atoms with Crippen LogP contribution in [0, 0.1) is 0 Å². The van der Waals surface area contributed by atoms with E-state index in [4.69, 9.17) is 14.6 Å². The van der Waals surface area contributed by atoms with Crippen molar-refractivity contribution in [1.29, 1.82) is 0 Å². The van der Waals surface area contributed by atoms with Crippen LogP contribution in [0.1, 0.15) is 50.6 Å². The van der Waals surface area contributed by atoms with Crippen molar-refractivity contribution in [3.8, 4) is 28.4 Å². The van der Waals surface area contributed by atoms with E-state index >= 15 is 0 Å². The Kier molecular flexibility index (Phi) is 10.6. The van der Waals surface area contributed by atoms with E-state index in [2.05, 4.69) is 17.0 Å². The number of thiazole rings is 1. The standard InChI is InChI=1S/C37H38N6O5S2/c1-5-8-21-48-31-19-17-26(22-32(31)47-4)18-20-34-38-37-43(39-34)36(44)33(49-37)24-28-25-42(29-14-10-9-11-15-29)40-35(28)27-13-12-16-30(23-27)50(45,46)41(6-2)7-3/h9-20,22-25H,5-8,21H2,1-4H3/b20-18+,33-24-. The maximum Gasteiger partial charge on any atom is 0.291 e. The summed E-state index contributed by atoms with van der Waals surface area (Å²) in [5, 5.41) is 9.30. The lowest BCUT2D eigenvalue weighted by molar-refractivity contribution is 0.288. The number of ether oxygens (including phenoxy) is 2. The summed E-state index contributed by atoms with van der Waals surface area (Å²) in [6.07, 6.45) is 9.19. The van der Waals surface area contributed by atoms with Crippen LogP contribution in [-0.4, -0.2) is 63.9 Å². The Morgan fingerprint density at radius 3 is 2.44 bits per heavy atom. The molecular formula is C37H38N6O5S2. The molecule has 6 rings (SSSR count). The number of nitrogens with zero attached hydrogens (tertiary/aromatic N) is 6. The molecular weight excluding hydrogens is 673 g/mol. The molecule has 0 aliphatic rings. The largest absolute Gasteiger partial charge is 0.493 e. The zero-order valence-electron chi connectivity index (χ0n) is 28.3.